The number of amides is 1. The number of benzene rings is 2. The van der Waals surface area contributed by atoms with E-state index in [1.54, 1.807) is 42.6 Å². The van der Waals surface area contributed by atoms with Crippen LogP contribution >= 0.6 is 11.6 Å². The van der Waals surface area contributed by atoms with Crippen LogP contribution < -0.4 is 10.6 Å². The fraction of sp³-hybridized carbons (Fsp3) is 0.0500. The maximum atomic E-state index is 12.3. The zero-order chi connectivity index (χ0) is 18.5. The third-order valence-electron chi connectivity index (χ3n) is 3.75. The average Bonchev–Trinajstić information content (AvgIpc) is 2.66. The number of aryl methyl sites for hydroxylation is 1. The van der Waals surface area contributed by atoms with Crippen LogP contribution in [0.2, 0.25) is 5.02 Å². The van der Waals surface area contributed by atoms with Gasteiger partial charge in [-0.1, -0.05) is 29.8 Å². The van der Waals surface area contributed by atoms with Crippen LogP contribution in [0.15, 0.2) is 60.8 Å². The average molecular weight is 363 g/mol. The van der Waals surface area contributed by atoms with Crippen LogP contribution in [0, 0.1) is 18.3 Å². The minimum Gasteiger partial charge on any atom is -0.354 e. The first-order valence-electron chi connectivity index (χ1n) is 7.86. The smallest absolute Gasteiger partial charge is 0.274 e. The van der Waals surface area contributed by atoms with Crippen LogP contribution in [0.4, 0.5) is 17.1 Å². The molecule has 0 fully saturated rings. The summed E-state index contributed by atoms with van der Waals surface area (Å²) in [6.45, 7) is 1.94. The number of aromatic nitrogens is 1. The van der Waals surface area contributed by atoms with Crippen molar-refractivity contribution in [3.05, 3.63) is 82.6 Å². The van der Waals surface area contributed by atoms with Crippen LogP contribution in [0.5, 0.6) is 0 Å². The van der Waals surface area contributed by atoms with Gasteiger partial charge >= 0.3 is 0 Å². The Morgan fingerprint density at radius 3 is 2.58 bits per heavy atom. The molecule has 0 spiro atoms. The molecule has 1 aromatic heterocycles. The molecule has 0 unspecified atom stereocenters. The van der Waals surface area contributed by atoms with Crippen molar-refractivity contribution < 1.29 is 4.79 Å². The van der Waals surface area contributed by atoms with Gasteiger partial charge in [0.15, 0.2) is 0 Å². The molecule has 3 aromatic rings. The van der Waals surface area contributed by atoms with Crippen molar-refractivity contribution in [2.45, 2.75) is 6.92 Å². The summed E-state index contributed by atoms with van der Waals surface area (Å²) in [6, 6.07) is 17.9. The summed E-state index contributed by atoms with van der Waals surface area (Å²) >= 11 is 6.12. The molecule has 128 valence electrons. The summed E-state index contributed by atoms with van der Waals surface area (Å²) in [5.41, 5.74) is 3.68. The molecule has 0 aliphatic rings. The first kappa shape index (κ1) is 17.5. The third kappa shape index (κ3) is 4.00. The first-order chi connectivity index (χ1) is 12.6. The molecule has 2 N–H and O–H groups in total. The lowest BCUT2D eigenvalue weighted by atomic mass is 10.2. The summed E-state index contributed by atoms with van der Waals surface area (Å²) in [5.74, 6) is -0.377. The van der Waals surface area contributed by atoms with Gasteiger partial charge in [-0.15, -0.1) is 0 Å². The van der Waals surface area contributed by atoms with Crippen molar-refractivity contribution in [2.24, 2.45) is 0 Å². The Balaban J connectivity index is 1.71. The highest BCUT2D eigenvalue weighted by Crippen LogP contribution is 2.23. The molecule has 0 radical (unpaired) electrons. The Morgan fingerprint density at radius 2 is 1.88 bits per heavy atom. The number of para-hydroxylation sites is 1. The third-order valence-corrected chi connectivity index (χ3v) is 4.16. The summed E-state index contributed by atoms with van der Waals surface area (Å²) in [4.78, 5) is 16.5. The van der Waals surface area contributed by atoms with Crippen LogP contribution in [0.25, 0.3) is 0 Å². The molecule has 0 saturated carbocycles. The highest BCUT2D eigenvalue weighted by atomic mass is 35.5. The molecule has 2 aromatic carbocycles. The van der Waals surface area contributed by atoms with E-state index in [2.05, 4.69) is 15.6 Å². The molecular formula is C20H15ClN4O. The fourth-order valence-corrected chi connectivity index (χ4v) is 2.50. The highest BCUT2D eigenvalue weighted by molar-refractivity contribution is 6.31. The minimum absolute atomic E-state index is 0.255. The van der Waals surface area contributed by atoms with Crippen molar-refractivity contribution in [2.75, 3.05) is 10.6 Å². The number of hydrogen-bond acceptors (Lipinski definition) is 4. The number of nitriles is 1. The molecule has 0 aliphatic carbocycles. The van der Waals surface area contributed by atoms with Crippen molar-refractivity contribution >= 4 is 34.6 Å². The normalized spacial score (nSPS) is 10.0. The summed E-state index contributed by atoms with van der Waals surface area (Å²) in [7, 11) is 0. The lowest BCUT2D eigenvalue weighted by Crippen LogP contribution is -2.14. The lowest BCUT2D eigenvalue weighted by Gasteiger charge is -2.09. The second-order valence-electron chi connectivity index (χ2n) is 5.63. The quantitative estimate of drug-likeness (QED) is 0.691. The van der Waals surface area contributed by atoms with Gasteiger partial charge in [-0.2, -0.15) is 5.26 Å². The van der Waals surface area contributed by atoms with Gasteiger partial charge in [0, 0.05) is 10.7 Å². The van der Waals surface area contributed by atoms with E-state index in [0.29, 0.717) is 16.3 Å². The van der Waals surface area contributed by atoms with Gasteiger partial charge in [0.2, 0.25) is 0 Å². The number of nitrogens with one attached hydrogen (secondary N) is 2. The second-order valence-corrected chi connectivity index (χ2v) is 6.04. The van der Waals surface area contributed by atoms with Crippen molar-refractivity contribution in [1.29, 1.82) is 5.26 Å². The minimum atomic E-state index is -0.377. The molecule has 0 aliphatic heterocycles. The molecule has 3 rings (SSSR count). The Bertz CT molecular complexity index is 993. The van der Waals surface area contributed by atoms with E-state index in [-0.39, 0.29) is 11.6 Å². The maximum Gasteiger partial charge on any atom is 0.274 e. The molecule has 1 heterocycles. The topological polar surface area (TPSA) is 77.8 Å². The van der Waals surface area contributed by atoms with Gasteiger partial charge in [0.1, 0.15) is 11.8 Å². The van der Waals surface area contributed by atoms with Crippen LogP contribution in [0.3, 0.4) is 0 Å². The molecule has 5 nitrogen and oxygen atoms in total. The van der Waals surface area contributed by atoms with E-state index in [0.717, 1.165) is 16.9 Å². The highest BCUT2D eigenvalue weighted by Gasteiger charge is 2.10. The van der Waals surface area contributed by atoms with Gasteiger partial charge in [-0.3, -0.25) is 4.79 Å². The number of pyridine rings is 1. The molecule has 0 saturated heterocycles. The van der Waals surface area contributed by atoms with E-state index in [9.17, 15) is 4.79 Å². The number of anilines is 3. The van der Waals surface area contributed by atoms with Gasteiger partial charge in [0.05, 0.1) is 23.1 Å². The SMILES string of the molecule is Cc1ccc(Nc2ccc(C(=O)Nc3ccccc3C#N)nc2)cc1Cl. The number of halogens is 1. The summed E-state index contributed by atoms with van der Waals surface area (Å²) in [6.07, 6.45) is 1.57. The monoisotopic (exact) mass is 362 g/mol. The van der Waals surface area contributed by atoms with E-state index < -0.39 is 0 Å². The number of nitrogens with zero attached hydrogens (tertiary/aromatic N) is 2. The first-order valence-corrected chi connectivity index (χ1v) is 8.24. The predicted molar refractivity (Wildman–Crippen MR) is 103 cm³/mol. The maximum absolute atomic E-state index is 12.3. The standard InChI is InChI=1S/C20H15ClN4O/c1-13-6-7-15(10-17(13)21)24-16-8-9-19(23-12-16)20(26)25-18-5-3-2-4-14(18)11-22/h2-10,12,24H,1H3,(H,25,26). The second kappa shape index (κ2) is 7.68. The summed E-state index contributed by atoms with van der Waals surface area (Å²) in [5, 5.41) is 15.6. The van der Waals surface area contributed by atoms with E-state index in [1.165, 1.54) is 0 Å². The van der Waals surface area contributed by atoms with Crippen LogP contribution in [-0.4, -0.2) is 10.9 Å². The van der Waals surface area contributed by atoms with Gasteiger partial charge in [-0.05, 0) is 48.9 Å². The Morgan fingerprint density at radius 1 is 1.12 bits per heavy atom. The predicted octanol–water partition coefficient (Wildman–Crippen LogP) is 4.91. The van der Waals surface area contributed by atoms with Crippen molar-refractivity contribution in [1.82, 2.24) is 4.98 Å². The van der Waals surface area contributed by atoms with Gasteiger partial charge in [-0.25, -0.2) is 4.98 Å². The van der Waals surface area contributed by atoms with E-state index >= 15 is 0 Å². The van der Waals surface area contributed by atoms with Gasteiger partial charge in [0.25, 0.3) is 5.91 Å². The fourth-order valence-electron chi connectivity index (χ4n) is 2.32. The van der Waals surface area contributed by atoms with E-state index in [4.69, 9.17) is 16.9 Å². The molecule has 6 heteroatoms. The molecule has 1 amide bonds. The van der Waals surface area contributed by atoms with E-state index in [1.807, 2.05) is 31.2 Å². The Kier molecular flexibility index (Phi) is 5.16. The number of carbonyl (C=O) groups excluding carboxylic acids is 1. The van der Waals surface area contributed by atoms with Crippen molar-refractivity contribution in [3.63, 3.8) is 0 Å². The van der Waals surface area contributed by atoms with Crippen LogP contribution in [0.1, 0.15) is 21.6 Å². The molecule has 26 heavy (non-hydrogen) atoms. The van der Waals surface area contributed by atoms with Crippen LogP contribution in [-0.2, 0) is 0 Å². The lowest BCUT2D eigenvalue weighted by molar-refractivity contribution is 0.102. The van der Waals surface area contributed by atoms with Gasteiger partial charge < -0.3 is 10.6 Å². The molecule has 0 bridgehead atoms. The molecule has 0 atom stereocenters. The van der Waals surface area contributed by atoms with Crippen molar-refractivity contribution in [3.8, 4) is 6.07 Å². The number of carbonyl (C=O) groups is 1. The number of rotatable bonds is 4. The zero-order valence-electron chi connectivity index (χ0n) is 14.0. The Hall–Kier alpha value is -3.36. The summed E-state index contributed by atoms with van der Waals surface area (Å²) < 4.78 is 0. The molecular weight excluding hydrogens is 348 g/mol. The Labute approximate surface area is 156 Å². The number of hydrogen-bond donors (Lipinski definition) is 2. The largest absolute Gasteiger partial charge is 0.354 e. The zero-order valence-corrected chi connectivity index (χ0v) is 14.7.